The minimum atomic E-state index is -0.161. The lowest BCUT2D eigenvalue weighted by Crippen LogP contribution is -2.27. The fourth-order valence-corrected chi connectivity index (χ4v) is 2.69. The fourth-order valence-electron chi connectivity index (χ4n) is 2.69. The van der Waals surface area contributed by atoms with E-state index in [-0.39, 0.29) is 5.54 Å². The van der Waals surface area contributed by atoms with Crippen LogP contribution in [0.1, 0.15) is 20.8 Å². The Labute approximate surface area is 166 Å². The summed E-state index contributed by atoms with van der Waals surface area (Å²) in [5.41, 5.74) is 2.51. The molecule has 0 saturated carbocycles. The number of anilines is 3. The van der Waals surface area contributed by atoms with Gasteiger partial charge in [0.25, 0.3) is 0 Å². The fraction of sp³-hybridized carbons (Fsp3) is 0.273. The minimum Gasteiger partial charge on any atom is -0.497 e. The highest BCUT2D eigenvalue weighted by Gasteiger charge is 2.14. The lowest BCUT2D eigenvalue weighted by molar-refractivity contribution is 0.395. The molecule has 0 bridgehead atoms. The molecule has 0 atom stereocenters. The second-order valence-electron chi connectivity index (χ2n) is 7.43. The number of nitrogens with one attached hydrogen (secondary N) is 2. The number of methoxy groups -OCH3 is 2. The first-order chi connectivity index (χ1) is 13.4. The van der Waals surface area contributed by atoms with Crippen molar-refractivity contribution < 1.29 is 9.47 Å². The summed E-state index contributed by atoms with van der Waals surface area (Å²) in [4.78, 5) is 9.32. The zero-order valence-corrected chi connectivity index (χ0v) is 16.9. The Kier molecular flexibility index (Phi) is 5.68. The highest BCUT2D eigenvalue weighted by molar-refractivity contribution is 5.68. The number of ether oxygens (including phenoxy) is 2. The van der Waals surface area contributed by atoms with Gasteiger partial charge in [0, 0.05) is 41.1 Å². The van der Waals surface area contributed by atoms with Crippen molar-refractivity contribution in [1.29, 1.82) is 0 Å². The monoisotopic (exact) mass is 378 g/mol. The second-order valence-corrected chi connectivity index (χ2v) is 7.43. The van der Waals surface area contributed by atoms with E-state index in [9.17, 15) is 0 Å². The SMILES string of the molecule is COc1cc(Nc2cc(-c3ccccc3)nc(NC(C)(C)C)n2)cc(OC)c1. The standard InChI is InChI=1S/C22H26N4O2/c1-22(2,3)26-21-24-19(15-9-7-6-8-10-15)14-20(25-21)23-16-11-17(27-4)13-18(12-16)28-5/h6-14H,1-5H3,(H2,23,24,25,26). The molecule has 0 fully saturated rings. The first-order valence-electron chi connectivity index (χ1n) is 9.09. The van der Waals surface area contributed by atoms with Gasteiger partial charge in [-0.1, -0.05) is 30.3 Å². The van der Waals surface area contributed by atoms with Gasteiger partial charge in [-0.05, 0) is 20.8 Å². The summed E-state index contributed by atoms with van der Waals surface area (Å²) >= 11 is 0. The summed E-state index contributed by atoms with van der Waals surface area (Å²) in [6.07, 6.45) is 0. The third-order valence-corrected chi connectivity index (χ3v) is 3.91. The number of rotatable bonds is 6. The molecule has 0 saturated heterocycles. The molecule has 6 nitrogen and oxygen atoms in total. The number of benzene rings is 2. The molecule has 28 heavy (non-hydrogen) atoms. The topological polar surface area (TPSA) is 68.3 Å². The molecular weight excluding hydrogens is 352 g/mol. The molecule has 3 aromatic rings. The molecule has 0 unspecified atom stereocenters. The van der Waals surface area contributed by atoms with Crippen LogP contribution < -0.4 is 20.1 Å². The van der Waals surface area contributed by atoms with Crippen molar-refractivity contribution in [2.45, 2.75) is 26.3 Å². The number of hydrogen-bond donors (Lipinski definition) is 2. The lowest BCUT2D eigenvalue weighted by Gasteiger charge is -2.21. The van der Waals surface area contributed by atoms with E-state index in [1.165, 1.54) is 0 Å². The average molecular weight is 378 g/mol. The highest BCUT2D eigenvalue weighted by atomic mass is 16.5. The molecule has 0 radical (unpaired) electrons. The smallest absolute Gasteiger partial charge is 0.225 e. The largest absolute Gasteiger partial charge is 0.497 e. The summed E-state index contributed by atoms with van der Waals surface area (Å²) in [5, 5.41) is 6.69. The molecule has 6 heteroatoms. The Hall–Kier alpha value is -3.28. The Balaban J connectivity index is 2.01. The van der Waals surface area contributed by atoms with Crippen molar-refractivity contribution in [2.24, 2.45) is 0 Å². The van der Waals surface area contributed by atoms with Crippen molar-refractivity contribution >= 4 is 17.5 Å². The molecule has 1 aromatic heterocycles. The Bertz CT molecular complexity index is 915. The minimum absolute atomic E-state index is 0.161. The first kappa shape index (κ1) is 19.5. The van der Waals surface area contributed by atoms with Gasteiger partial charge in [-0.3, -0.25) is 0 Å². The van der Waals surface area contributed by atoms with Gasteiger partial charge in [0.2, 0.25) is 5.95 Å². The van der Waals surface area contributed by atoms with Gasteiger partial charge in [-0.15, -0.1) is 0 Å². The van der Waals surface area contributed by atoms with E-state index < -0.39 is 0 Å². The summed E-state index contributed by atoms with van der Waals surface area (Å²) in [6.45, 7) is 6.22. The van der Waals surface area contributed by atoms with E-state index in [4.69, 9.17) is 9.47 Å². The zero-order chi connectivity index (χ0) is 20.1. The van der Waals surface area contributed by atoms with E-state index in [1.807, 2.05) is 54.6 Å². The Morgan fingerprint density at radius 3 is 2.04 bits per heavy atom. The maximum atomic E-state index is 5.35. The third kappa shape index (κ3) is 5.13. The summed E-state index contributed by atoms with van der Waals surface area (Å²) in [7, 11) is 3.25. The van der Waals surface area contributed by atoms with E-state index in [0.717, 1.165) is 16.9 Å². The van der Waals surface area contributed by atoms with E-state index in [2.05, 4.69) is 41.4 Å². The quantitative estimate of drug-likeness (QED) is 0.621. The van der Waals surface area contributed by atoms with Crippen molar-refractivity contribution in [3.8, 4) is 22.8 Å². The van der Waals surface area contributed by atoms with Crippen LogP contribution in [-0.4, -0.2) is 29.7 Å². The van der Waals surface area contributed by atoms with Crippen LogP contribution in [0.5, 0.6) is 11.5 Å². The van der Waals surface area contributed by atoms with E-state index in [1.54, 1.807) is 14.2 Å². The number of hydrogen-bond acceptors (Lipinski definition) is 6. The van der Waals surface area contributed by atoms with Crippen LogP contribution in [0.25, 0.3) is 11.3 Å². The Morgan fingerprint density at radius 2 is 1.46 bits per heavy atom. The highest BCUT2D eigenvalue weighted by Crippen LogP contribution is 2.29. The lowest BCUT2D eigenvalue weighted by atomic mass is 10.1. The summed E-state index contributed by atoms with van der Waals surface area (Å²) < 4.78 is 10.7. The number of aromatic nitrogens is 2. The first-order valence-corrected chi connectivity index (χ1v) is 9.09. The van der Waals surface area contributed by atoms with Gasteiger partial charge < -0.3 is 20.1 Å². The van der Waals surface area contributed by atoms with Crippen molar-refractivity contribution in [3.05, 3.63) is 54.6 Å². The maximum Gasteiger partial charge on any atom is 0.225 e. The van der Waals surface area contributed by atoms with Crippen LogP contribution in [0.2, 0.25) is 0 Å². The van der Waals surface area contributed by atoms with Gasteiger partial charge in [-0.25, -0.2) is 4.98 Å². The van der Waals surface area contributed by atoms with Crippen molar-refractivity contribution in [3.63, 3.8) is 0 Å². The van der Waals surface area contributed by atoms with Crippen LogP contribution >= 0.6 is 0 Å². The van der Waals surface area contributed by atoms with Gasteiger partial charge in [0.15, 0.2) is 0 Å². The second kappa shape index (κ2) is 8.17. The molecular formula is C22H26N4O2. The van der Waals surface area contributed by atoms with Gasteiger partial charge >= 0.3 is 0 Å². The molecule has 2 aromatic carbocycles. The summed E-state index contributed by atoms with van der Waals surface area (Å²) in [5.74, 6) is 2.64. The van der Waals surface area contributed by atoms with Crippen LogP contribution in [0, 0.1) is 0 Å². The number of nitrogens with zero attached hydrogens (tertiary/aromatic N) is 2. The predicted octanol–water partition coefficient (Wildman–Crippen LogP) is 5.11. The van der Waals surface area contributed by atoms with Gasteiger partial charge in [0.05, 0.1) is 19.9 Å². The molecule has 0 aliphatic rings. The molecule has 1 heterocycles. The van der Waals surface area contributed by atoms with E-state index >= 15 is 0 Å². The van der Waals surface area contributed by atoms with Crippen molar-refractivity contribution in [1.82, 2.24) is 9.97 Å². The molecule has 0 spiro atoms. The maximum absolute atomic E-state index is 5.35. The molecule has 2 N–H and O–H groups in total. The third-order valence-electron chi connectivity index (χ3n) is 3.91. The molecule has 0 aliphatic heterocycles. The normalized spacial score (nSPS) is 11.0. The molecule has 0 amide bonds. The van der Waals surface area contributed by atoms with Crippen molar-refractivity contribution in [2.75, 3.05) is 24.9 Å². The van der Waals surface area contributed by atoms with Gasteiger partial charge in [0.1, 0.15) is 17.3 Å². The Morgan fingerprint density at radius 1 is 0.821 bits per heavy atom. The summed E-state index contributed by atoms with van der Waals surface area (Å²) in [6, 6.07) is 17.6. The average Bonchev–Trinajstić information content (AvgIpc) is 2.66. The predicted molar refractivity (Wildman–Crippen MR) is 114 cm³/mol. The van der Waals surface area contributed by atoms with Crippen LogP contribution in [0.4, 0.5) is 17.5 Å². The van der Waals surface area contributed by atoms with Crippen LogP contribution in [-0.2, 0) is 0 Å². The van der Waals surface area contributed by atoms with Crippen LogP contribution in [0.15, 0.2) is 54.6 Å². The van der Waals surface area contributed by atoms with E-state index in [0.29, 0.717) is 23.3 Å². The molecule has 3 rings (SSSR count). The molecule has 0 aliphatic carbocycles. The van der Waals surface area contributed by atoms with Gasteiger partial charge in [-0.2, -0.15) is 4.98 Å². The van der Waals surface area contributed by atoms with Crippen LogP contribution in [0.3, 0.4) is 0 Å². The zero-order valence-electron chi connectivity index (χ0n) is 16.9. The molecule has 146 valence electrons.